The van der Waals surface area contributed by atoms with Crippen molar-refractivity contribution < 1.29 is 19.1 Å². The minimum atomic E-state index is -1.32. The van der Waals surface area contributed by atoms with Gasteiger partial charge in [0.25, 0.3) is 5.91 Å². The van der Waals surface area contributed by atoms with Crippen molar-refractivity contribution >= 4 is 17.7 Å². The number of rotatable bonds is 5. The molecule has 126 valence electrons. The van der Waals surface area contributed by atoms with Gasteiger partial charge < -0.3 is 20.2 Å². The minimum absolute atomic E-state index is 0.216. The van der Waals surface area contributed by atoms with E-state index in [9.17, 15) is 9.59 Å². The largest absolute Gasteiger partial charge is 0.467 e. The quantitative estimate of drug-likeness (QED) is 0.662. The summed E-state index contributed by atoms with van der Waals surface area (Å²) in [6.07, 6.45) is 3.47. The number of benzene rings is 1. The average Bonchev–Trinajstić information content (AvgIpc) is 3.15. The highest BCUT2D eigenvalue weighted by atomic mass is 16.4. The zero-order valence-electron chi connectivity index (χ0n) is 13.0. The standard InChI is InChI=1S/C18H15N3O4/c22-17(16(21-18(23)24)15-2-1-11-25-15)20-14-5-3-12(4-6-14)13-7-9-19-10-8-13/h1-11,16,21H,(H,20,22)(H,23,24). The highest BCUT2D eigenvalue weighted by Crippen LogP contribution is 2.22. The number of hydrogen-bond donors (Lipinski definition) is 3. The molecule has 3 rings (SSSR count). The summed E-state index contributed by atoms with van der Waals surface area (Å²) in [7, 11) is 0. The van der Waals surface area contributed by atoms with E-state index in [1.165, 1.54) is 12.3 Å². The third-order valence-corrected chi connectivity index (χ3v) is 3.52. The molecule has 1 unspecified atom stereocenters. The molecule has 0 aliphatic carbocycles. The first-order valence-corrected chi connectivity index (χ1v) is 7.47. The Labute approximate surface area is 143 Å². The SMILES string of the molecule is O=C(O)NC(C(=O)Nc1ccc(-c2ccncc2)cc1)c1ccco1. The van der Waals surface area contributed by atoms with Gasteiger partial charge in [-0.25, -0.2) is 4.79 Å². The van der Waals surface area contributed by atoms with Crippen LogP contribution in [-0.4, -0.2) is 22.1 Å². The van der Waals surface area contributed by atoms with Gasteiger partial charge >= 0.3 is 6.09 Å². The van der Waals surface area contributed by atoms with Crippen LogP contribution in [0.2, 0.25) is 0 Å². The predicted molar refractivity (Wildman–Crippen MR) is 90.9 cm³/mol. The topological polar surface area (TPSA) is 104 Å². The monoisotopic (exact) mass is 337 g/mol. The lowest BCUT2D eigenvalue weighted by molar-refractivity contribution is -0.118. The van der Waals surface area contributed by atoms with Gasteiger partial charge in [-0.2, -0.15) is 0 Å². The first kappa shape index (κ1) is 16.3. The number of aromatic nitrogens is 1. The van der Waals surface area contributed by atoms with Gasteiger partial charge in [0.2, 0.25) is 0 Å². The van der Waals surface area contributed by atoms with Crippen LogP contribution in [0.25, 0.3) is 11.1 Å². The summed E-state index contributed by atoms with van der Waals surface area (Å²) >= 11 is 0. The van der Waals surface area contributed by atoms with Crippen LogP contribution in [0.15, 0.2) is 71.6 Å². The van der Waals surface area contributed by atoms with Crippen molar-refractivity contribution in [2.45, 2.75) is 6.04 Å². The molecule has 0 aliphatic heterocycles. The van der Waals surface area contributed by atoms with Gasteiger partial charge in [-0.1, -0.05) is 12.1 Å². The third kappa shape index (κ3) is 4.03. The Balaban J connectivity index is 1.74. The summed E-state index contributed by atoms with van der Waals surface area (Å²) in [4.78, 5) is 27.3. The van der Waals surface area contributed by atoms with Crippen LogP contribution in [0.3, 0.4) is 0 Å². The van der Waals surface area contributed by atoms with Crippen LogP contribution in [0.5, 0.6) is 0 Å². The maximum absolute atomic E-state index is 12.4. The fourth-order valence-corrected chi connectivity index (χ4v) is 2.35. The molecule has 1 aromatic carbocycles. The molecule has 0 aliphatic rings. The number of anilines is 1. The van der Waals surface area contributed by atoms with Crippen molar-refractivity contribution in [1.29, 1.82) is 0 Å². The molecule has 2 aromatic heterocycles. The van der Waals surface area contributed by atoms with Gasteiger partial charge in [-0.05, 0) is 47.5 Å². The summed E-state index contributed by atoms with van der Waals surface area (Å²) in [5.41, 5.74) is 2.53. The molecule has 0 spiro atoms. The van der Waals surface area contributed by atoms with Crippen LogP contribution in [-0.2, 0) is 4.79 Å². The molecule has 0 fully saturated rings. The van der Waals surface area contributed by atoms with E-state index < -0.39 is 18.0 Å². The highest BCUT2D eigenvalue weighted by molar-refractivity contribution is 5.96. The van der Waals surface area contributed by atoms with Crippen molar-refractivity contribution in [3.63, 3.8) is 0 Å². The van der Waals surface area contributed by atoms with Gasteiger partial charge in [0.05, 0.1) is 6.26 Å². The van der Waals surface area contributed by atoms with E-state index >= 15 is 0 Å². The van der Waals surface area contributed by atoms with Gasteiger partial charge in [0, 0.05) is 18.1 Å². The molecule has 2 amide bonds. The molecule has 0 bridgehead atoms. The second-order valence-corrected chi connectivity index (χ2v) is 5.20. The number of nitrogens with zero attached hydrogens (tertiary/aromatic N) is 1. The van der Waals surface area contributed by atoms with Crippen molar-refractivity contribution in [2.75, 3.05) is 5.32 Å². The van der Waals surface area contributed by atoms with E-state index in [1.807, 2.05) is 24.3 Å². The summed E-state index contributed by atoms with van der Waals surface area (Å²) in [6.45, 7) is 0. The molecule has 2 heterocycles. The summed E-state index contributed by atoms with van der Waals surface area (Å²) in [5, 5.41) is 13.7. The molecule has 3 N–H and O–H groups in total. The van der Waals surface area contributed by atoms with E-state index in [4.69, 9.17) is 9.52 Å². The summed E-state index contributed by atoms with van der Waals surface area (Å²) in [6, 6.07) is 13.0. The Morgan fingerprint density at radius 1 is 1.00 bits per heavy atom. The van der Waals surface area contributed by atoms with Gasteiger partial charge in [0.15, 0.2) is 6.04 Å². The number of carbonyl (C=O) groups excluding carboxylic acids is 1. The van der Waals surface area contributed by atoms with E-state index in [2.05, 4.69) is 15.6 Å². The van der Waals surface area contributed by atoms with E-state index in [1.54, 1.807) is 30.6 Å². The predicted octanol–water partition coefficient (Wildman–Crippen LogP) is 3.29. The first-order valence-electron chi connectivity index (χ1n) is 7.47. The minimum Gasteiger partial charge on any atom is -0.467 e. The zero-order valence-corrected chi connectivity index (χ0v) is 13.0. The Kier molecular flexibility index (Phi) is 4.75. The molecule has 3 aromatic rings. The third-order valence-electron chi connectivity index (χ3n) is 3.52. The Morgan fingerprint density at radius 3 is 2.28 bits per heavy atom. The molecule has 0 saturated heterocycles. The highest BCUT2D eigenvalue weighted by Gasteiger charge is 2.25. The number of hydrogen-bond acceptors (Lipinski definition) is 4. The lowest BCUT2D eigenvalue weighted by Gasteiger charge is -2.15. The number of nitrogens with one attached hydrogen (secondary N) is 2. The van der Waals surface area contributed by atoms with Crippen LogP contribution >= 0.6 is 0 Å². The number of carboxylic acid groups (broad SMARTS) is 1. The molecule has 7 nitrogen and oxygen atoms in total. The van der Waals surface area contributed by atoms with Crippen molar-refractivity contribution in [3.05, 3.63) is 72.9 Å². The molecule has 1 atom stereocenters. The normalized spacial score (nSPS) is 11.5. The lowest BCUT2D eigenvalue weighted by Crippen LogP contribution is -2.35. The van der Waals surface area contributed by atoms with Crippen molar-refractivity contribution in [3.8, 4) is 11.1 Å². The van der Waals surface area contributed by atoms with Crippen LogP contribution in [0.4, 0.5) is 10.5 Å². The van der Waals surface area contributed by atoms with E-state index in [-0.39, 0.29) is 5.76 Å². The van der Waals surface area contributed by atoms with Gasteiger partial charge in [-0.15, -0.1) is 0 Å². The second-order valence-electron chi connectivity index (χ2n) is 5.20. The number of furan rings is 1. The van der Waals surface area contributed by atoms with Crippen molar-refractivity contribution in [2.24, 2.45) is 0 Å². The van der Waals surface area contributed by atoms with Crippen LogP contribution in [0, 0.1) is 0 Å². The van der Waals surface area contributed by atoms with Gasteiger partial charge in [-0.3, -0.25) is 9.78 Å². The van der Waals surface area contributed by atoms with E-state index in [0.717, 1.165) is 11.1 Å². The Bertz CT molecular complexity index is 846. The van der Waals surface area contributed by atoms with Crippen molar-refractivity contribution in [1.82, 2.24) is 10.3 Å². The second kappa shape index (κ2) is 7.31. The van der Waals surface area contributed by atoms with Crippen LogP contribution in [0.1, 0.15) is 11.8 Å². The Morgan fingerprint density at radius 2 is 1.68 bits per heavy atom. The smallest absolute Gasteiger partial charge is 0.405 e. The number of carbonyl (C=O) groups is 2. The molecule has 7 heteroatoms. The maximum atomic E-state index is 12.4. The maximum Gasteiger partial charge on any atom is 0.405 e. The zero-order chi connectivity index (χ0) is 17.6. The Hall–Kier alpha value is -3.61. The fraction of sp³-hybridized carbons (Fsp3) is 0.0556. The average molecular weight is 337 g/mol. The molecule has 25 heavy (non-hydrogen) atoms. The summed E-state index contributed by atoms with van der Waals surface area (Å²) in [5.74, 6) is -0.317. The first-order chi connectivity index (χ1) is 12.1. The van der Waals surface area contributed by atoms with Crippen LogP contribution < -0.4 is 10.6 Å². The molecular weight excluding hydrogens is 322 g/mol. The van der Waals surface area contributed by atoms with E-state index in [0.29, 0.717) is 5.69 Å². The number of pyridine rings is 1. The summed E-state index contributed by atoms with van der Waals surface area (Å²) < 4.78 is 5.14. The lowest BCUT2D eigenvalue weighted by atomic mass is 10.1. The molecular formula is C18H15N3O4. The molecule has 0 radical (unpaired) electrons. The number of amides is 2. The fourth-order valence-electron chi connectivity index (χ4n) is 2.35. The van der Waals surface area contributed by atoms with Gasteiger partial charge in [0.1, 0.15) is 5.76 Å². The molecule has 0 saturated carbocycles.